The molecule has 32 heavy (non-hydrogen) atoms. The van der Waals surface area contributed by atoms with Gasteiger partial charge >= 0.3 is 0 Å². The quantitative estimate of drug-likeness (QED) is 0.364. The number of ether oxygens (including phenoxy) is 1. The average molecular weight is 430 g/mol. The van der Waals surface area contributed by atoms with Crippen molar-refractivity contribution >= 4 is 17.4 Å². The van der Waals surface area contributed by atoms with Crippen LogP contribution in [-0.2, 0) is 16.1 Å². The summed E-state index contributed by atoms with van der Waals surface area (Å²) in [6.45, 7) is 1.99. The summed E-state index contributed by atoms with van der Waals surface area (Å²) in [7, 11) is 1.47. The summed E-state index contributed by atoms with van der Waals surface area (Å²) in [5.41, 5.74) is 2.40. The van der Waals surface area contributed by atoms with E-state index in [2.05, 4.69) is 4.98 Å². The highest BCUT2D eigenvalue weighted by atomic mass is 16.5. The Morgan fingerprint density at radius 3 is 2.53 bits per heavy atom. The van der Waals surface area contributed by atoms with E-state index in [4.69, 9.17) is 4.74 Å². The maximum Gasteiger partial charge on any atom is 0.295 e. The number of rotatable bonds is 5. The molecule has 1 saturated heterocycles. The average Bonchev–Trinajstić information content (AvgIpc) is 3.04. The predicted molar refractivity (Wildman–Crippen MR) is 118 cm³/mol. The first-order valence-electron chi connectivity index (χ1n) is 10.0. The van der Waals surface area contributed by atoms with Crippen LogP contribution in [0.5, 0.6) is 11.5 Å². The Morgan fingerprint density at radius 1 is 1.09 bits per heavy atom. The van der Waals surface area contributed by atoms with E-state index < -0.39 is 17.7 Å². The number of carbonyl (C=O) groups is 2. The Labute approximate surface area is 185 Å². The van der Waals surface area contributed by atoms with Crippen molar-refractivity contribution in [1.29, 1.82) is 0 Å². The summed E-state index contributed by atoms with van der Waals surface area (Å²) in [5, 5.41) is 21.3. The van der Waals surface area contributed by atoms with Gasteiger partial charge in [0, 0.05) is 18.9 Å². The first-order valence-corrected chi connectivity index (χ1v) is 10.0. The molecule has 1 aromatic heterocycles. The Hall–Kier alpha value is -4.13. The van der Waals surface area contributed by atoms with E-state index in [0.29, 0.717) is 16.9 Å². The summed E-state index contributed by atoms with van der Waals surface area (Å²) in [4.78, 5) is 31.6. The van der Waals surface area contributed by atoms with Gasteiger partial charge in [-0.2, -0.15) is 0 Å². The molecule has 3 aromatic rings. The monoisotopic (exact) mass is 430 g/mol. The van der Waals surface area contributed by atoms with Gasteiger partial charge in [0.2, 0.25) is 0 Å². The van der Waals surface area contributed by atoms with Gasteiger partial charge in [0.05, 0.1) is 24.3 Å². The minimum absolute atomic E-state index is 0.00913. The van der Waals surface area contributed by atoms with Crippen LogP contribution in [0.2, 0.25) is 0 Å². The predicted octanol–water partition coefficient (Wildman–Crippen LogP) is 3.73. The molecule has 0 saturated carbocycles. The Kier molecular flexibility index (Phi) is 5.64. The van der Waals surface area contributed by atoms with E-state index in [9.17, 15) is 19.8 Å². The minimum Gasteiger partial charge on any atom is -0.508 e. The van der Waals surface area contributed by atoms with Crippen molar-refractivity contribution < 1.29 is 24.5 Å². The van der Waals surface area contributed by atoms with E-state index in [1.165, 1.54) is 24.1 Å². The molecule has 162 valence electrons. The van der Waals surface area contributed by atoms with Crippen LogP contribution in [0.25, 0.3) is 5.76 Å². The van der Waals surface area contributed by atoms with Crippen LogP contribution in [0.1, 0.15) is 28.3 Å². The first-order chi connectivity index (χ1) is 15.4. The molecule has 1 aliphatic heterocycles. The zero-order valence-corrected chi connectivity index (χ0v) is 17.6. The molecule has 1 aliphatic rings. The minimum atomic E-state index is -0.888. The van der Waals surface area contributed by atoms with E-state index in [1.807, 2.05) is 13.0 Å². The fourth-order valence-electron chi connectivity index (χ4n) is 3.92. The van der Waals surface area contributed by atoms with Crippen LogP contribution in [0, 0.1) is 6.92 Å². The lowest BCUT2D eigenvalue weighted by atomic mass is 9.94. The number of carbonyl (C=O) groups excluding carboxylic acids is 2. The molecule has 1 fully saturated rings. The Bertz CT molecular complexity index is 1220. The third-order valence-corrected chi connectivity index (χ3v) is 5.44. The molecule has 7 nitrogen and oxygen atoms in total. The summed E-state index contributed by atoms with van der Waals surface area (Å²) in [6, 6.07) is 14.2. The van der Waals surface area contributed by atoms with Crippen molar-refractivity contribution in [2.24, 2.45) is 0 Å². The smallest absolute Gasteiger partial charge is 0.295 e. The van der Waals surface area contributed by atoms with Gasteiger partial charge in [-0.05, 0) is 54.4 Å². The molecule has 2 aromatic carbocycles. The zero-order chi connectivity index (χ0) is 22.8. The topological polar surface area (TPSA) is 100.0 Å². The number of phenols is 1. The standard InChI is InChI=1S/C25H22N2O5/c1-15-6-7-20(32-2)19(12-15)23(29)21-22(17-4-3-5-18(28)13-17)27(25(31)24(21)30)14-16-8-10-26-11-9-16/h3-13,22,28-29H,14H2,1-2H3/b23-21+. The number of pyridine rings is 1. The van der Waals surface area contributed by atoms with Gasteiger partial charge in [0.25, 0.3) is 11.7 Å². The molecule has 0 bridgehead atoms. The summed E-state index contributed by atoms with van der Waals surface area (Å²) in [5.74, 6) is -1.49. The Morgan fingerprint density at radius 2 is 1.84 bits per heavy atom. The van der Waals surface area contributed by atoms with Crippen LogP contribution in [-0.4, -0.2) is 38.9 Å². The molecule has 7 heteroatoms. The molecule has 1 unspecified atom stereocenters. The molecular formula is C25H22N2O5. The lowest BCUT2D eigenvalue weighted by Crippen LogP contribution is -2.29. The molecule has 0 spiro atoms. The van der Waals surface area contributed by atoms with Crippen molar-refractivity contribution in [1.82, 2.24) is 9.88 Å². The zero-order valence-electron chi connectivity index (χ0n) is 17.6. The lowest BCUT2D eigenvalue weighted by Gasteiger charge is -2.25. The van der Waals surface area contributed by atoms with Crippen molar-refractivity contribution in [2.45, 2.75) is 19.5 Å². The summed E-state index contributed by atoms with van der Waals surface area (Å²) in [6.07, 6.45) is 3.21. The fraction of sp³-hybridized carbons (Fsp3) is 0.160. The number of hydrogen-bond acceptors (Lipinski definition) is 6. The number of methoxy groups -OCH3 is 1. The van der Waals surface area contributed by atoms with E-state index >= 15 is 0 Å². The number of Topliss-reactive ketones (excluding diaryl/α,β-unsaturated/α-hetero) is 1. The second-order valence-corrected chi connectivity index (χ2v) is 7.58. The van der Waals surface area contributed by atoms with Crippen molar-refractivity contribution in [2.75, 3.05) is 7.11 Å². The molecule has 4 rings (SSSR count). The number of nitrogens with zero attached hydrogens (tertiary/aromatic N) is 2. The number of aliphatic hydroxyl groups excluding tert-OH is 1. The first kappa shape index (κ1) is 21.1. The van der Waals surface area contributed by atoms with E-state index in [0.717, 1.165) is 11.1 Å². The summed E-state index contributed by atoms with van der Waals surface area (Å²) < 4.78 is 5.37. The second kappa shape index (κ2) is 8.55. The van der Waals surface area contributed by atoms with Crippen LogP contribution in [0.3, 0.4) is 0 Å². The highest BCUT2D eigenvalue weighted by Gasteiger charge is 2.46. The number of aromatic hydroxyl groups is 1. The molecule has 2 heterocycles. The maximum absolute atomic E-state index is 13.1. The van der Waals surface area contributed by atoms with E-state index in [1.54, 1.807) is 48.8 Å². The van der Waals surface area contributed by atoms with Gasteiger partial charge in [-0.1, -0.05) is 23.8 Å². The summed E-state index contributed by atoms with van der Waals surface area (Å²) >= 11 is 0. The van der Waals surface area contributed by atoms with Gasteiger partial charge in [-0.25, -0.2) is 0 Å². The van der Waals surface area contributed by atoms with Crippen molar-refractivity contribution in [3.05, 3.63) is 94.8 Å². The van der Waals surface area contributed by atoms with Crippen molar-refractivity contribution in [3.8, 4) is 11.5 Å². The van der Waals surface area contributed by atoms with Gasteiger partial charge in [-0.15, -0.1) is 0 Å². The molecule has 1 atom stereocenters. The molecule has 0 radical (unpaired) electrons. The number of amides is 1. The number of likely N-dealkylation sites (tertiary alicyclic amines) is 1. The molecule has 1 amide bonds. The highest BCUT2D eigenvalue weighted by Crippen LogP contribution is 2.42. The number of aliphatic hydroxyl groups is 1. The lowest BCUT2D eigenvalue weighted by molar-refractivity contribution is -0.140. The van der Waals surface area contributed by atoms with Crippen molar-refractivity contribution in [3.63, 3.8) is 0 Å². The number of phenolic OH excluding ortho intramolecular Hbond substituents is 1. The fourth-order valence-corrected chi connectivity index (χ4v) is 3.92. The SMILES string of the molecule is COc1ccc(C)cc1/C(O)=C1\C(=O)C(=O)N(Cc2ccncc2)C1c1cccc(O)c1. The highest BCUT2D eigenvalue weighted by molar-refractivity contribution is 6.46. The second-order valence-electron chi connectivity index (χ2n) is 7.58. The number of benzene rings is 2. The molecule has 2 N–H and O–H groups in total. The van der Waals surface area contributed by atoms with Crippen LogP contribution < -0.4 is 4.74 Å². The molecule has 0 aliphatic carbocycles. The van der Waals surface area contributed by atoms with Gasteiger partial charge in [0.15, 0.2) is 0 Å². The third kappa shape index (κ3) is 3.80. The largest absolute Gasteiger partial charge is 0.508 e. The number of hydrogen-bond donors (Lipinski definition) is 2. The van der Waals surface area contributed by atoms with Gasteiger partial charge < -0.3 is 19.8 Å². The molecular weight excluding hydrogens is 408 g/mol. The van der Waals surface area contributed by atoms with Crippen LogP contribution in [0.15, 0.2) is 72.6 Å². The Balaban J connectivity index is 1.92. The normalized spacial score (nSPS) is 17.6. The van der Waals surface area contributed by atoms with Crippen LogP contribution >= 0.6 is 0 Å². The van der Waals surface area contributed by atoms with Gasteiger partial charge in [0.1, 0.15) is 17.3 Å². The van der Waals surface area contributed by atoms with Crippen LogP contribution in [0.4, 0.5) is 0 Å². The van der Waals surface area contributed by atoms with E-state index in [-0.39, 0.29) is 23.6 Å². The third-order valence-electron chi connectivity index (χ3n) is 5.44. The number of aromatic nitrogens is 1. The number of ketones is 1. The number of aryl methyl sites for hydroxylation is 1. The maximum atomic E-state index is 13.1. The van der Waals surface area contributed by atoms with Gasteiger partial charge in [-0.3, -0.25) is 14.6 Å².